The second-order valence-electron chi connectivity index (χ2n) is 5.04. The molecule has 1 aliphatic rings. The van der Waals surface area contributed by atoms with Crippen LogP contribution in [-0.2, 0) is 28.4 Å². The zero-order valence-corrected chi connectivity index (χ0v) is 12.6. The van der Waals surface area contributed by atoms with Crippen LogP contribution in [0.1, 0.15) is 5.69 Å². The Morgan fingerprint density at radius 3 is 2.85 bits per heavy atom. The molecule has 1 atom stereocenters. The number of aliphatic hydroxyl groups is 1. The van der Waals surface area contributed by atoms with Crippen molar-refractivity contribution < 1.29 is 18.3 Å². The molecule has 1 fully saturated rings. The number of likely N-dealkylation sites (N-methyl/N-ethyl adjacent to an activating group) is 1. The monoisotopic (exact) mass is 303 g/mol. The molecule has 2 heterocycles. The van der Waals surface area contributed by atoms with Crippen molar-refractivity contribution in [2.75, 3.05) is 33.3 Å². The van der Waals surface area contributed by atoms with E-state index in [1.807, 2.05) is 7.05 Å². The number of nitrogens with one attached hydrogen (secondary N) is 1. The van der Waals surface area contributed by atoms with Gasteiger partial charge in [-0.15, -0.1) is 0 Å². The van der Waals surface area contributed by atoms with Gasteiger partial charge in [-0.05, 0) is 13.1 Å². The van der Waals surface area contributed by atoms with Crippen molar-refractivity contribution in [1.29, 1.82) is 0 Å². The summed E-state index contributed by atoms with van der Waals surface area (Å²) in [7, 11) is 0.110. The minimum absolute atomic E-state index is 0.135. The lowest BCUT2D eigenvalue weighted by molar-refractivity contribution is -0.0156. The average Bonchev–Trinajstić information content (AvgIpc) is 2.79. The number of nitrogens with zero attached hydrogens (tertiary/aromatic N) is 2. The van der Waals surface area contributed by atoms with Crippen molar-refractivity contribution in [3.63, 3.8) is 0 Å². The maximum absolute atomic E-state index is 12.2. The number of aromatic nitrogens is 1. The molecule has 0 aliphatic carbocycles. The molecular weight excluding hydrogens is 282 g/mol. The van der Waals surface area contributed by atoms with Gasteiger partial charge in [0, 0.05) is 38.6 Å². The summed E-state index contributed by atoms with van der Waals surface area (Å²) in [4.78, 5) is 2.27. The molecule has 1 aliphatic heterocycles. The van der Waals surface area contributed by atoms with Gasteiger partial charge in [-0.2, -0.15) is 0 Å². The van der Waals surface area contributed by atoms with E-state index in [0.29, 0.717) is 18.8 Å². The predicted molar refractivity (Wildman–Crippen MR) is 73.8 cm³/mol. The van der Waals surface area contributed by atoms with Gasteiger partial charge in [0.15, 0.2) is 0 Å². The topological polar surface area (TPSA) is 83.8 Å². The molecule has 0 bridgehead atoms. The number of morpholine rings is 1. The van der Waals surface area contributed by atoms with Crippen molar-refractivity contribution in [2.45, 2.75) is 17.6 Å². The van der Waals surface area contributed by atoms with Crippen molar-refractivity contribution in [1.82, 2.24) is 14.2 Å². The van der Waals surface area contributed by atoms with Crippen LogP contribution < -0.4 is 4.72 Å². The van der Waals surface area contributed by atoms with Crippen LogP contribution in [0.3, 0.4) is 0 Å². The van der Waals surface area contributed by atoms with Crippen LogP contribution in [0.15, 0.2) is 17.2 Å². The summed E-state index contributed by atoms with van der Waals surface area (Å²) in [6.07, 6.45) is 1.35. The Labute approximate surface area is 119 Å². The van der Waals surface area contributed by atoms with Gasteiger partial charge in [-0.3, -0.25) is 0 Å². The number of sulfonamides is 1. The Hall–Kier alpha value is -0.930. The van der Waals surface area contributed by atoms with Gasteiger partial charge in [0.25, 0.3) is 0 Å². The quantitative estimate of drug-likeness (QED) is 0.738. The highest BCUT2D eigenvalue weighted by molar-refractivity contribution is 7.89. The molecule has 1 saturated heterocycles. The van der Waals surface area contributed by atoms with E-state index in [-0.39, 0.29) is 24.2 Å². The fourth-order valence-electron chi connectivity index (χ4n) is 2.16. The van der Waals surface area contributed by atoms with Gasteiger partial charge in [0.2, 0.25) is 10.0 Å². The van der Waals surface area contributed by atoms with Gasteiger partial charge in [-0.1, -0.05) is 0 Å². The van der Waals surface area contributed by atoms with Crippen LogP contribution in [0.4, 0.5) is 0 Å². The first-order valence-electron chi connectivity index (χ1n) is 6.48. The van der Waals surface area contributed by atoms with Crippen molar-refractivity contribution in [3.8, 4) is 0 Å². The molecule has 1 aromatic heterocycles. The number of aliphatic hydroxyl groups excluding tert-OH is 1. The van der Waals surface area contributed by atoms with E-state index >= 15 is 0 Å². The highest BCUT2D eigenvalue weighted by atomic mass is 32.2. The first-order valence-corrected chi connectivity index (χ1v) is 7.96. The van der Waals surface area contributed by atoms with Crippen LogP contribution in [0.25, 0.3) is 0 Å². The third kappa shape index (κ3) is 3.58. The zero-order chi connectivity index (χ0) is 14.8. The van der Waals surface area contributed by atoms with Crippen LogP contribution >= 0.6 is 0 Å². The Bertz CT molecular complexity index is 555. The van der Waals surface area contributed by atoms with Gasteiger partial charge < -0.3 is 19.3 Å². The first kappa shape index (κ1) is 15.5. The van der Waals surface area contributed by atoms with Crippen LogP contribution in [-0.4, -0.2) is 62.4 Å². The van der Waals surface area contributed by atoms with Crippen molar-refractivity contribution in [3.05, 3.63) is 18.0 Å². The zero-order valence-electron chi connectivity index (χ0n) is 11.7. The third-order valence-electron chi connectivity index (χ3n) is 3.40. The van der Waals surface area contributed by atoms with Crippen LogP contribution in [0.2, 0.25) is 0 Å². The minimum atomic E-state index is -3.57. The highest BCUT2D eigenvalue weighted by Crippen LogP contribution is 2.13. The molecule has 0 amide bonds. The lowest BCUT2D eigenvalue weighted by Crippen LogP contribution is -2.45. The predicted octanol–water partition coefficient (Wildman–Crippen LogP) is -0.874. The number of rotatable bonds is 5. The summed E-state index contributed by atoms with van der Waals surface area (Å²) >= 11 is 0. The molecule has 114 valence electrons. The van der Waals surface area contributed by atoms with E-state index in [1.165, 1.54) is 12.3 Å². The van der Waals surface area contributed by atoms with E-state index in [2.05, 4.69) is 9.62 Å². The Morgan fingerprint density at radius 1 is 1.50 bits per heavy atom. The normalized spacial score (nSPS) is 21.2. The van der Waals surface area contributed by atoms with Crippen LogP contribution in [0, 0.1) is 0 Å². The molecule has 20 heavy (non-hydrogen) atoms. The molecule has 1 aromatic rings. The van der Waals surface area contributed by atoms with E-state index in [4.69, 9.17) is 9.84 Å². The van der Waals surface area contributed by atoms with Crippen molar-refractivity contribution >= 4 is 10.0 Å². The molecule has 2 N–H and O–H groups in total. The number of hydrogen-bond donors (Lipinski definition) is 2. The molecular formula is C12H21N3O4S. The molecule has 0 spiro atoms. The number of ether oxygens (including phenoxy) is 1. The van der Waals surface area contributed by atoms with Gasteiger partial charge >= 0.3 is 0 Å². The number of hydrogen-bond acceptors (Lipinski definition) is 5. The van der Waals surface area contributed by atoms with Gasteiger partial charge in [-0.25, -0.2) is 13.1 Å². The van der Waals surface area contributed by atoms with E-state index in [0.717, 1.165) is 6.54 Å². The van der Waals surface area contributed by atoms with Crippen LogP contribution in [0.5, 0.6) is 0 Å². The molecule has 0 radical (unpaired) electrons. The lowest BCUT2D eigenvalue weighted by atomic mass is 10.3. The fourth-order valence-corrected chi connectivity index (χ4v) is 3.32. The average molecular weight is 303 g/mol. The summed E-state index contributed by atoms with van der Waals surface area (Å²) < 4.78 is 34.0. The molecule has 7 nitrogen and oxygen atoms in total. The Kier molecular flexibility index (Phi) is 4.82. The first-order chi connectivity index (χ1) is 9.42. The highest BCUT2D eigenvalue weighted by Gasteiger charge is 2.22. The van der Waals surface area contributed by atoms with E-state index in [9.17, 15) is 8.42 Å². The molecule has 1 unspecified atom stereocenters. The van der Waals surface area contributed by atoms with Gasteiger partial charge in [0.05, 0.1) is 24.2 Å². The number of aryl methyl sites for hydroxylation is 1. The lowest BCUT2D eigenvalue weighted by Gasteiger charge is -2.29. The smallest absolute Gasteiger partial charge is 0.242 e. The standard InChI is InChI=1S/C12H21N3O4S/c1-14-3-4-19-11(7-14)6-13-20(17,18)12-5-10(9-16)15(2)8-12/h5,8,11,13,16H,3-4,6-7,9H2,1-2H3. The Balaban J connectivity index is 1.99. The summed E-state index contributed by atoms with van der Waals surface area (Å²) in [5.74, 6) is 0. The molecule has 8 heteroatoms. The second kappa shape index (κ2) is 6.23. The van der Waals surface area contributed by atoms with Crippen molar-refractivity contribution in [2.24, 2.45) is 7.05 Å². The second-order valence-corrected chi connectivity index (χ2v) is 6.81. The van der Waals surface area contributed by atoms with Gasteiger partial charge in [0.1, 0.15) is 0 Å². The molecule has 2 rings (SSSR count). The van der Waals surface area contributed by atoms with E-state index in [1.54, 1.807) is 11.6 Å². The van der Waals surface area contributed by atoms with E-state index < -0.39 is 10.0 Å². The molecule has 0 aromatic carbocycles. The fraction of sp³-hybridized carbons (Fsp3) is 0.667. The summed E-state index contributed by atoms with van der Waals surface area (Å²) in [5, 5.41) is 9.10. The minimum Gasteiger partial charge on any atom is -0.390 e. The SMILES string of the molecule is CN1CCOC(CNS(=O)(=O)c2cc(CO)n(C)c2)C1. The summed E-state index contributed by atoms with van der Waals surface area (Å²) in [6, 6.07) is 1.47. The summed E-state index contributed by atoms with van der Waals surface area (Å²) in [5.41, 5.74) is 0.555. The Morgan fingerprint density at radius 2 is 2.25 bits per heavy atom. The summed E-state index contributed by atoms with van der Waals surface area (Å²) in [6.45, 7) is 2.24. The molecule has 0 saturated carbocycles. The maximum atomic E-state index is 12.2. The largest absolute Gasteiger partial charge is 0.390 e. The maximum Gasteiger partial charge on any atom is 0.242 e. The third-order valence-corrected chi connectivity index (χ3v) is 4.79.